The molecule has 0 bridgehead atoms. The van der Waals surface area contributed by atoms with Gasteiger partial charge in [0.25, 0.3) is 0 Å². The molecule has 1 fully saturated rings. The second kappa shape index (κ2) is 4.99. The fourth-order valence-corrected chi connectivity index (χ4v) is 3.91. The predicted molar refractivity (Wildman–Crippen MR) is 68.4 cm³/mol. The first-order chi connectivity index (χ1) is 8.47. The van der Waals surface area contributed by atoms with Crippen LogP contribution in [0.5, 0.6) is 0 Å². The third kappa shape index (κ3) is 2.73. The lowest BCUT2D eigenvalue weighted by molar-refractivity contribution is 0.276. The summed E-state index contributed by atoms with van der Waals surface area (Å²) in [4.78, 5) is 0.198. The maximum Gasteiger partial charge on any atom is 0.244 e. The number of hydrogen-bond acceptors (Lipinski definition) is 4. The molecule has 102 valence electrons. The first kappa shape index (κ1) is 13.5. The maximum absolute atomic E-state index is 12.3. The topological polar surface area (TPSA) is 90.0 Å². The van der Waals surface area contributed by atoms with E-state index in [-0.39, 0.29) is 4.90 Å². The number of nitrogens with two attached hydrogens (primary N) is 1. The third-order valence-corrected chi connectivity index (χ3v) is 5.08. The fraction of sp³-hybridized carbons (Fsp3) is 0.727. The molecule has 0 unspecified atom stereocenters. The van der Waals surface area contributed by atoms with Gasteiger partial charge < -0.3 is 5.73 Å². The van der Waals surface area contributed by atoms with Crippen LogP contribution in [0.25, 0.3) is 0 Å². The van der Waals surface area contributed by atoms with E-state index in [1.807, 2.05) is 0 Å². The van der Waals surface area contributed by atoms with Crippen LogP contribution in [0.1, 0.15) is 32.1 Å². The van der Waals surface area contributed by atoms with Crippen molar-refractivity contribution in [1.82, 2.24) is 14.5 Å². The highest BCUT2D eigenvalue weighted by Crippen LogP contribution is 2.28. The van der Waals surface area contributed by atoms with Crippen molar-refractivity contribution in [2.75, 3.05) is 6.54 Å². The summed E-state index contributed by atoms with van der Waals surface area (Å²) in [6, 6.07) is 0. The molecular formula is C11H20N4O2S. The van der Waals surface area contributed by atoms with Crippen molar-refractivity contribution in [2.45, 2.75) is 42.5 Å². The lowest BCUT2D eigenvalue weighted by Gasteiger charge is -2.36. The quantitative estimate of drug-likeness (QED) is 0.828. The molecule has 0 aromatic carbocycles. The van der Waals surface area contributed by atoms with Crippen molar-refractivity contribution in [1.29, 1.82) is 0 Å². The van der Waals surface area contributed by atoms with E-state index in [1.165, 1.54) is 17.1 Å². The van der Waals surface area contributed by atoms with Crippen molar-refractivity contribution < 1.29 is 8.42 Å². The van der Waals surface area contributed by atoms with Crippen LogP contribution in [0.4, 0.5) is 0 Å². The monoisotopic (exact) mass is 272 g/mol. The van der Waals surface area contributed by atoms with E-state index >= 15 is 0 Å². The van der Waals surface area contributed by atoms with E-state index < -0.39 is 15.6 Å². The van der Waals surface area contributed by atoms with Crippen molar-refractivity contribution >= 4 is 10.0 Å². The molecule has 3 N–H and O–H groups in total. The third-order valence-electron chi connectivity index (χ3n) is 3.54. The van der Waals surface area contributed by atoms with E-state index in [0.29, 0.717) is 6.54 Å². The summed E-state index contributed by atoms with van der Waals surface area (Å²) in [5.41, 5.74) is 5.30. The van der Waals surface area contributed by atoms with Gasteiger partial charge in [-0.25, -0.2) is 13.1 Å². The Hall–Kier alpha value is -0.920. The van der Waals surface area contributed by atoms with Gasteiger partial charge >= 0.3 is 0 Å². The Bertz CT molecular complexity index is 503. The molecule has 0 atom stereocenters. The summed E-state index contributed by atoms with van der Waals surface area (Å²) in [5.74, 6) is 0. The standard InChI is InChI=1S/C11H20N4O2S/c1-15-8-10(7-13-15)18(16,17)14-11(9-12)5-3-2-4-6-11/h7-8,14H,2-6,9,12H2,1H3. The molecule has 18 heavy (non-hydrogen) atoms. The van der Waals surface area contributed by atoms with Crippen molar-refractivity contribution in [3.63, 3.8) is 0 Å². The fourth-order valence-electron chi connectivity index (χ4n) is 2.46. The lowest BCUT2D eigenvalue weighted by Crippen LogP contribution is -2.54. The molecule has 0 aliphatic heterocycles. The van der Waals surface area contributed by atoms with Crippen LogP contribution in [0.15, 0.2) is 17.3 Å². The molecular weight excluding hydrogens is 252 g/mol. The normalized spacial score (nSPS) is 19.9. The number of rotatable bonds is 4. The first-order valence-corrected chi connectivity index (χ1v) is 7.68. The van der Waals surface area contributed by atoms with Crippen molar-refractivity contribution in [3.05, 3.63) is 12.4 Å². The molecule has 0 spiro atoms. The summed E-state index contributed by atoms with van der Waals surface area (Å²) in [5, 5.41) is 3.89. The van der Waals surface area contributed by atoms with E-state index in [1.54, 1.807) is 7.05 Å². The second-order valence-electron chi connectivity index (χ2n) is 5.00. The molecule has 6 nitrogen and oxygen atoms in total. The average Bonchev–Trinajstić information content (AvgIpc) is 2.77. The number of aryl methyl sites for hydroxylation is 1. The van der Waals surface area contributed by atoms with Gasteiger partial charge in [0.15, 0.2) is 0 Å². The SMILES string of the molecule is Cn1cc(S(=O)(=O)NC2(CN)CCCCC2)cn1. The maximum atomic E-state index is 12.3. The van der Waals surface area contributed by atoms with Crippen LogP contribution in [-0.2, 0) is 17.1 Å². The minimum Gasteiger partial charge on any atom is -0.329 e. The van der Waals surface area contributed by atoms with Gasteiger partial charge in [0.1, 0.15) is 4.90 Å². The summed E-state index contributed by atoms with van der Waals surface area (Å²) in [7, 11) is -1.83. The molecule has 1 aliphatic rings. The smallest absolute Gasteiger partial charge is 0.244 e. The summed E-state index contributed by atoms with van der Waals surface area (Å²) in [6.45, 7) is 0.340. The van der Waals surface area contributed by atoms with Gasteiger partial charge in [0, 0.05) is 25.3 Å². The highest BCUT2D eigenvalue weighted by atomic mass is 32.2. The van der Waals surface area contributed by atoms with Gasteiger partial charge in [-0.15, -0.1) is 0 Å². The first-order valence-electron chi connectivity index (χ1n) is 6.20. The zero-order chi connectivity index (χ0) is 13.2. The van der Waals surface area contributed by atoms with Gasteiger partial charge in [-0.1, -0.05) is 19.3 Å². The van der Waals surface area contributed by atoms with E-state index in [0.717, 1.165) is 32.1 Å². The van der Waals surface area contributed by atoms with Crippen LogP contribution >= 0.6 is 0 Å². The summed E-state index contributed by atoms with van der Waals surface area (Å²) in [6.07, 6.45) is 7.66. The van der Waals surface area contributed by atoms with Gasteiger partial charge in [-0.05, 0) is 12.8 Å². The average molecular weight is 272 g/mol. The van der Waals surface area contributed by atoms with Crippen LogP contribution < -0.4 is 10.5 Å². The Balaban J connectivity index is 2.21. The van der Waals surface area contributed by atoms with E-state index in [4.69, 9.17) is 5.73 Å². The van der Waals surface area contributed by atoms with Gasteiger partial charge in [0.2, 0.25) is 10.0 Å². The molecule has 0 radical (unpaired) electrons. The molecule has 2 rings (SSSR count). The molecule has 1 aromatic rings. The molecule has 1 aromatic heterocycles. The minimum atomic E-state index is -3.52. The minimum absolute atomic E-state index is 0.198. The number of nitrogens with zero attached hydrogens (tertiary/aromatic N) is 2. The Kier molecular flexibility index (Phi) is 3.74. The molecule has 1 saturated carbocycles. The van der Waals surface area contributed by atoms with E-state index in [9.17, 15) is 8.42 Å². The number of aromatic nitrogens is 2. The molecule has 0 amide bonds. The molecule has 0 saturated heterocycles. The largest absolute Gasteiger partial charge is 0.329 e. The van der Waals surface area contributed by atoms with Crippen molar-refractivity contribution in [2.24, 2.45) is 12.8 Å². The van der Waals surface area contributed by atoms with Crippen molar-refractivity contribution in [3.8, 4) is 0 Å². The summed E-state index contributed by atoms with van der Waals surface area (Å²) < 4.78 is 28.8. The van der Waals surface area contributed by atoms with Gasteiger partial charge in [0.05, 0.1) is 6.20 Å². The molecule has 1 heterocycles. The Morgan fingerprint density at radius 2 is 2.11 bits per heavy atom. The van der Waals surface area contributed by atoms with Crippen LogP contribution in [0, 0.1) is 0 Å². The number of sulfonamides is 1. The zero-order valence-corrected chi connectivity index (χ0v) is 11.4. The highest BCUT2D eigenvalue weighted by Gasteiger charge is 2.35. The highest BCUT2D eigenvalue weighted by molar-refractivity contribution is 7.89. The molecule has 7 heteroatoms. The Morgan fingerprint density at radius 1 is 1.44 bits per heavy atom. The Labute approximate surface area is 108 Å². The van der Waals surface area contributed by atoms with Crippen LogP contribution in [-0.4, -0.2) is 30.3 Å². The second-order valence-corrected chi connectivity index (χ2v) is 6.68. The van der Waals surface area contributed by atoms with Crippen LogP contribution in [0.3, 0.4) is 0 Å². The van der Waals surface area contributed by atoms with Crippen LogP contribution in [0.2, 0.25) is 0 Å². The number of hydrogen-bond donors (Lipinski definition) is 2. The van der Waals surface area contributed by atoms with E-state index in [2.05, 4.69) is 9.82 Å². The predicted octanol–water partition coefficient (Wildman–Crippen LogP) is 0.360. The van der Waals surface area contributed by atoms with Gasteiger partial charge in [-0.3, -0.25) is 4.68 Å². The lowest BCUT2D eigenvalue weighted by atomic mass is 9.83. The molecule has 1 aliphatic carbocycles. The Morgan fingerprint density at radius 3 is 2.61 bits per heavy atom. The number of nitrogens with one attached hydrogen (secondary N) is 1. The van der Waals surface area contributed by atoms with Gasteiger partial charge in [-0.2, -0.15) is 5.10 Å². The summed E-state index contributed by atoms with van der Waals surface area (Å²) >= 11 is 0. The zero-order valence-electron chi connectivity index (χ0n) is 10.6.